The fourth-order valence-electron chi connectivity index (χ4n) is 2.16. The van der Waals surface area contributed by atoms with Crippen molar-refractivity contribution in [1.29, 1.82) is 0 Å². The predicted octanol–water partition coefficient (Wildman–Crippen LogP) is 2.89. The maximum atomic E-state index is 11.5. The summed E-state index contributed by atoms with van der Waals surface area (Å²) in [6.45, 7) is 0. The Bertz CT molecular complexity index is 832. The van der Waals surface area contributed by atoms with E-state index in [1.165, 1.54) is 12.1 Å². The van der Waals surface area contributed by atoms with Gasteiger partial charge in [0.25, 0.3) is 0 Å². The number of carboxylic acids is 1. The fourth-order valence-corrected chi connectivity index (χ4v) is 2.16. The average molecular weight is 280 g/mol. The minimum absolute atomic E-state index is 0.0970. The van der Waals surface area contributed by atoms with Crippen molar-refractivity contribution >= 4 is 28.7 Å². The maximum Gasteiger partial charge on any atom is 0.336 e. The summed E-state index contributed by atoms with van der Waals surface area (Å²) in [7, 11) is 0. The van der Waals surface area contributed by atoms with Gasteiger partial charge in [0.2, 0.25) is 0 Å². The molecule has 0 atom stereocenters. The van der Waals surface area contributed by atoms with Crippen LogP contribution in [0.2, 0.25) is 0 Å². The van der Waals surface area contributed by atoms with Crippen LogP contribution in [0.4, 0.5) is 0 Å². The smallest absolute Gasteiger partial charge is 0.336 e. The average Bonchev–Trinajstić information content (AvgIpc) is 2.89. The minimum Gasteiger partial charge on any atom is -0.508 e. The van der Waals surface area contributed by atoms with Crippen molar-refractivity contribution in [3.05, 3.63) is 59.9 Å². The van der Waals surface area contributed by atoms with Crippen molar-refractivity contribution < 1.29 is 15.0 Å². The van der Waals surface area contributed by atoms with Crippen molar-refractivity contribution in [2.24, 2.45) is 0 Å². The molecule has 0 saturated heterocycles. The molecule has 2 aromatic heterocycles. The summed E-state index contributed by atoms with van der Waals surface area (Å²) in [6, 6.07) is 9.74. The van der Waals surface area contributed by atoms with E-state index in [-0.39, 0.29) is 11.3 Å². The largest absolute Gasteiger partial charge is 0.508 e. The monoisotopic (exact) mass is 280 g/mol. The number of H-pyrrole nitrogens is 1. The molecule has 3 rings (SSSR count). The Morgan fingerprint density at radius 2 is 1.95 bits per heavy atom. The highest BCUT2D eigenvalue weighted by atomic mass is 16.4. The van der Waals surface area contributed by atoms with Crippen LogP contribution >= 0.6 is 0 Å². The Balaban J connectivity index is 2.13. The van der Waals surface area contributed by atoms with E-state index < -0.39 is 5.97 Å². The van der Waals surface area contributed by atoms with Gasteiger partial charge in [0.15, 0.2) is 0 Å². The van der Waals surface area contributed by atoms with Crippen LogP contribution in [0, 0.1) is 0 Å². The highest BCUT2D eigenvalue weighted by molar-refractivity contribution is 6.21. The molecule has 0 aliphatic heterocycles. The van der Waals surface area contributed by atoms with Gasteiger partial charge in [-0.1, -0.05) is 12.1 Å². The van der Waals surface area contributed by atoms with E-state index in [2.05, 4.69) is 9.97 Å². The number of rotatable bonds is 3. The molecule has 0 amide bonds. The summed E-state index contributed by atoms with van der Waals surface area (Å²) in [5.41, 5.74) is 2.14. The van der Waals surface area contributed by atoms with Gasteiger partial charge in [-0.15, -0.1) is 0 Å². The lowest BCUT2D eigenvalue weighted by atomic mass is 10.0. The second-order valence-electron chi connectivity index (χ2n) is 4.55. The summed E-state index contributed by atoms with van der Waals surface area (Å²) >= 11 is 0. The van der Waals surface area contributed by atoms with Gasteiger partial charge >= 0.3 is 5.97 Å². The van der Waals surface area contributed by atoms with E-state index in [0.717, 1.165) is 10.9 Å². The molecule has 2 heterocycles. The van der Waals surface area contributed by atoms with Crippen LogP contribution in [0.3, 0.4) is 0 Å². The summed E-state index contributed by atoms with van der Waals surface area (Å²) < 4.78 is 0. The number of carboxylic acid groups (broad SMARTS) is 1. The molecule has 0 aliphatic rings. The van der Waals surface area contributed by atoms with Crippen molar-refractivity contribution in [1.82, 2.24) is 9.97 Å². The van der Waals surface area contributed by atoms with Gasteiger partial charge < -0.3 is 15.2 Å². The molecular weight excluding hydrogens is 268 g/mol. The third kappa shape index (κ3) is 2.49. The maximum absolute atomic E-state index is 11.5. The third-order valence-electron chi connectivity index (χ3n) is 3.19. The van der Waals surface area contributed by atoms with E-state index in [1.54, 1.807) is 36.7 Å². The number of benzene rings is 1. The zero-order valence-corrected chi connectivity index (χ0v) is 10.9. The number of aromatic amines is 1. The van der Waals surface area contributed by atoms with Crippen LogP contribution in [0.5, 0.6) is 5.75 Å². The molecule has 0 bridgehead atoms. The Labute approximate surface area is 120 Å². The van der Waals surface area contributed by atoms with Crippen LogP contribution in [-0.2, 0) is 4.79 Å². The Kier molecular flexibility index (Phi) is 3.16. The predicted molar refractivity (Wildman–Crippen MR) is 79.7 cm³/mol. The van der Waals surface area contributed by atoms with Crippen molar-refractivity contribution in [3.63, 3.8) is 0 Å². The van der Waals surface area contributed by atoms with E-state index in [9.17, 15) is 15.0 Å². The van der Waals surface area contributed by atoms with Crippen LogP contribution < -0.4 is 0 Å². The Morgan fingerprint density at radius 1 is 1.19 bits per heavy atom. The van der Waals surface area contributed by atoms with E-state index in [1.807, 2.05) is 6.07 Å². The van der Waals surface area contributed by atoms with Crippen LogP contribution in [0.1, 0.15) is 11.1 Å². The molecule has 1 aromatic carbocycles. The zero-order valence-electron chi connectivity index (χ0n) is 10.9. The van der Waals surface area contributed by atoms with Gasteiger partial charge in [0.1, 0.15) is 11.4 Å². The number of carbonyl (C=O) groups is 1. The lowest BCUT2D eigenvalue weighted by Gasteiger charge is -2.03. The lowest BCUT2D eigenvalue weighted by molar-refractivity contribution is -0.130. The molecule has 0 spiro atoms. The number of hydrogen-bond donors (Lipinski definition) is 3. The minimum atomic E-state index is -1.03. The number of aliphatic carboxylic acids is 1. The van der Waals surface area contributed by atoms with Crippen LogP contribution in [-0.4, -0.2) is 26.2 Å². The number of aromatic nitrogens is 2. The van der Waals surface area contributed by atoms with Gasteiger partial charge in [0, 0.05) is 23.3 Å². The molecule has 3 aromatic rings. The van der Waals surface area contributed by atoms with Gasteiger partial charge in [-0.05, 0) is 35.9 Å². The number of nitrogens with zero attached hydrogens (tertiary/aromatic N) is 1. The molecule has 0 saturated carbocycles. The Hall–Kier alpha value is -3.08. The summed E-state index contributed by atoms with van der Waals surface area (Å²) in [6.07, 6.45) is 4.99. The number of nitrogens with one attached hydrogen (secondary N) is 1. The number of phenols is 1. The second-order valence-corrected chi connectivity index (χ2v) is 4.55. The summed E-state index contributed by atoms with van der Waals surface area (Å²) in [4.78, 5) is 18.7. The topological polar surface area (TPSA) is 86.2 Å². The van der Waals surface area contributed by atoms with Gasteiger partial charge in [-0.3, -0.25) is 0 Å². The van der Waals surface area contributed by atoms with Crippen molar-refractivity contribution in [2.75, 3.05) is 0 Å². The first kappa shape index (κ1) is 12.9. The molecule has 104 valence electrons. The number of phenolic OH excluding ortho intramolecular Hbond substituents is 1. The first-order chi connectivity index (χ1) is 10.1. The van der Waals surface area contributed by atoms with Crippen LogP contribution in [0.15, 0.2) is 48.8 Å². The van der Waals surface area contributed by atoms with Gasteiger partial charge in [-0.25, -0.2) is 9.78 Å². The van der Waals surface area contributed by atoms with E-state index >= 15 is 0 Å². The fraction of sp³-hybridized carbons (Fsp3) is 0. The number of fused-ring (bicyclic) bond motifs is 1. The molecular formula is C16H12N2O3. The third-order valence-corrected chi connectivity index (χ3v) is 3.19. The first-order valence-corrected chi connectivity index (χ1v) is 6.31. The van der Waals surface area contributed by atoms with Gasteiger partial charge in [0.05, 0.1) is 5.57 Å². The lowest BCUT2D eigenvalue weighted by Crippen LogP contribution is -1.99. The van der Waals surface area contributed by atoms with E-state index in [0.29, 0.717) is 11.2 Å². The quantitative estimate of drug-likeness (QED) is 0.644. The molecule has 3 N–H and O–H groups in total. The second kappa shape index (κ2) is 5.13. The molecule has 21 heavy (non-hydrogen) atoms. The highest BCUT2D eigenvalue weighted by Crippen LogP contribution is 2.24. The molecule has 0 radical (unpaired) electrons. The summed E-state index contributed by atoms with van der Waals surface area (Å²) in [5.74, 6) is -0.932. The highest BCUT2D eigenvalue weighted by Gasteiger charge is 2.12. The molecule has 0 unspecified atom stereocenters. The molecule has 0 fully saturated rings. The van der Waals surface area contributed by atoms with Gasteiger partial charge in [-0.2, -0.15) is 0 Å². The molecule has 5 nitrogen and oxygen atoms in total. The normalized spacial score (nSPS) is 11.7. The molecule has 5 heteroatoms. The van der Waals surface area contributed by atoms with Crippen molar-refractivity contribution in [2.45, 2.75) is 0 Å². The van der Waals surface area contributed by atoms with E-state index in [4.69, 9.17) is 0 Å². The standard InChI is InChI=1S/C16H12N2O3/c19-12-5-3-10(4-6-12)14(16(20)21)8-11-9-18-15-13(11)2-1-7-17-15/h1-9,19H,(H,17,18)(H,20,21). The van der Waals surface area contributed by atoms with Crippen LogP contribution in [0.25, 0.3) is 22.7 Å². The molecule has 0 aliphatic carbocycles. The summed E-state index contributed by atoms with van der Waals surface area (Å²) in [5, 5.41) is 19.6. The number of aromatic hydroxyl groups is 1. The Morgan fingerprint density at radius 3 is 2.67 bits per heavy atom. The SMILES string of the molecule is O=C(O)C(=Cc1c[nH]c2ncccc12)c1ccc(O)cc1. The number of hydrogen-bond acceptors (Lipinski definition) is 3. The zero-order chi connectivity index (χ0) is 14.8. The van der Waals surface area contributed by atoms with Crippen molar-refractivity contribution in [3.8, 4) is 5.75 Å². The number of pyridine rings is 1. The first-order valence-electron chi connectivity index (χ1n) is 6.31.